The van der Waals surface area contributed by atoms with Crippen molar-refractivity contribution in [2.45, 2.75) is 56.5 Å². The smallest absolute Gasteiger partial charge is 0.343 e. The maximum Gasteiger partial charge on any atom is 0.343 e. The molecule has 0 spiro atoms. The highest BCUT2D eigenvalue weighted by atomic mass is 19.3. The van der Waals surface area contributed by atoms with E-state index in [0.717, 1.165) is 25.0 Å². The highest BCUT2D eigenvalue weighted by Crippen LogP contribution is 2.60. The maximum atomic E-state index is 15.5. The molecule has 2 atom stereocenters. The summed E-state index contributed by atoms with van der Waals surface area (Å²) < 4.78 is 101. The molecule has 178 valence electrons. The van der Waals surface area contributed by atoms with Crippen LogP contribution in [0.4, 0.5) is 26.3 Å². The summed E-state index contributed by atoms with van der Waals surface area (Å²) in [6.07, 6.45) is 4.29. The Morgan fingerprint density at radius 2 is 1.64 bits per heavy atom. The number of halogens is 6. The van der Waals surface area contributed by atoms with Crippen molar-refractivity contribution in [1.82, 2.24) is 0 Å². The zero-order chi connectivity index (χ0) is 24.0. The number of rotatable bonds is 6. The number of ether oxygens (including phenoxy) is 2. The Balaban J connectivity index is 1.78. The molecule has 0 saturated carbocycles. The molecule has 2 nitrogen and oxygen atoms in total. The second kappa shape index (κ2) is 8.70. The van der Waals surface area contributed by atoms with Crippen LogP contribution in [0, 0.1) is 11.6 Å². The average Bonchev–Trinajstić information content (AvgIpc) is 2.78. The molecule has 2 unspecified atom stereocenters. The van der Waals surface area contributed by atoms with Crippen molar-refractivity contribution in [3.05, 3.63) is 65.2 Å². The van der Waals surface area contributed by atoms with Gasteiger partial charge in [-0.25, -0.2) is 8.78 Å². The third kappa shape index (κ3) is 3.72. The molecule has 0 bridgehead atoms. The molecule has 1 fully saturated rings. The summed E-state index contributed by atoms with van der Waals surface area (Å²) in [5, 5.41) is 0. The standard InChI is InChI=1S/C25H24F6O2/c1-3-5-6-15-8-7-14(13-33-15)16-9-10-17-18-11-12-19(32-4-2)23(27)21(18)25(30,31)24(28,29)20(17)22(16)26/h3,9-12,14-15H,1,4-8,13H2,2H3. The monoisotopic (exact) mass is 470 g/mol. The highest BCUT2D eigenvalue weighted by molar-refractivity contribution is 5.77. The first-order chi connectivity index (χ1) is 15.6. The second-order valence-electron chi connectivity index (χ2n) is 8.37. The Morgan fingerprint density at radius 3 is 2.21 bits per heavy atom. The van der Waals surface area contributed by atoms with Gasteiger partial charge in [0.2, 0.25) is 0 Å². The number of benzene rings is 2. The molecule has 1 saturated heterocycles. The fraction of sp³-hybridized carbons (Fsp3) is 0.440. The van der Waals surface area contributed by atoms with Gasteiger partial charge in [-0.1, -0.05) is 18.2 Å². The van der Waals surface area contributed by atoms with Crippen molar-refractivity contribution in [1.29, 1.82) is 0 Å². The van der Waals surface area contributed by atoms with Gasteiger partial charge in [0, 0.05) is 5.92 Å². The van der Waals surface area contributed by atoms with E-state index in [1.807, 2.05) is 0 Å². The van der Waals surface area contributed by atoms with Crippen LogP contribution in [0.15, 0.2) is 36.9 Å². The van der Waals surface area contributed by atoms with Crippen LogP contribution in [0.3, 0.4) is 0 Å². The third-order valence-electron chi connectivity index (χ3n) is 6.39. The Labute approximate surface area is 188 Å². The van der Waals surface area contributed by atoms with Crippen LogP contribution >= 0.6 is 0 Å². The second-order valence-corrected chi connectivity index (χ2v) is 8.37. The van der Waals surface area contributed by atoms with Gasteiger partial charge in [0.25, 0.3) is 0 Å². The van der Waals surface area contributed by atoms with Gasteiger partial charge in [-0.15, -0.1) is 6.58 Å². The van der Waals surface area contributed by atoms with Gasteiger partial charge in [0.1, 0.15) is 5.82 Å². The van der Waals surface area contributed by atoms with Gasteiger partial charge in [0.15, 0.2) is 11.6 Å². The van der Waals surface area contributed by atoms with Gasteiger partial charge in [-0.2, -0.15) is 17.6 Å². The molecular formula is C25H24F6O2. The van der Waals surface area contributed by atoms with Crippen LogP contribution in [0.25, 0.3) is 11.1 Å². The van der Waals surface area contributed by atoms with E-state index in [2.05, 4.69) is 6.58 Å². The Morgan fingerprint density at radius 1 is 1.00 bits per heavy atom. The van der Waals surface area contributed by atoms with E-state index in [1.165, 1.54) is 19.1 Å². The van der Waals surface area contributed by atoms with Crippen molar-refractivity contribution >= 4 is 0 Å². The topological polar surface area (TPSA) is 18.5 Å². The lowest BCUT2D eigenvalue weighted by Crippen LogP contribution is -2.41. The van der Waals surface area contributed by atoms with Crippen molar-refractivity contribution in [3.63, 3.8) is 0 Å². The molecule has 0 radical (unpaired) electrons. The lowest BCUT2D eigenvalue weighted by molar-refractivity contribution is -0.228. The maximum absolute atomic E-state index is 15.5. The van der Waals surface area contributed by atoms with Gasteiger partial charge >= 0.3 is 11.8 Å². The summed E-state index contributed by atoms with van der Waals surface area (Å²) in [4.78, 5) is 0. The molecule has 1 heterocycles. The molecule has 0 amide bonds. The van der Waals surface area contributed by atoms with Crippen LogP contribution in [-0.2, 0) is 16.6 Å². The minimum atomic E-state index is -4.97. The number of allylic oxidation sites excluding steroid dienone is 1. The Bertz CT molecular complexity index is 1060. The summed E-state index contributed by atoms with van der Waals surface area (Å²) in [5.41, 5.74) is -3.92. The van der Waals surface area contributed by atoms with E-state index in [1.54, 1.807) is 6.08 Å². The zero-order valence-corrected chi connectivity index (χ0v) is 18.1. The average molecular weight is 470 g/mol. The number of hydrogen-bond donors (Lipinski definition) is 0. The lowest BCUT2D eigenvalue weighted by atomic mass is 9.77. The molecule has 1 aliphatic heterocycles. The van der Waals surface area contributed by atoms with Crippen LogP contribution < -0.4 is 4.74 Å². The van der Waals surface area contributed by atoms with Gasteiger partial charge in [0.05, 0.1) is 30.4 Å². The molecule has 2 aromatic carbocycles. The summed E-state index contributed by atoms with van der Waals surface area (Å²) in [5.74, 6) is -14.0. The first kappa shape index (κ1) is 23.7. The van der Waals surface area contributed by atoms with Gasteiger partial charge in [-0.05, 0) is 61.4 Å². The first-order valence-corrected chi connectivity index (χ1v) is 10.9. The Kier molecular flexibility index (Phi) is 6.24. The van der Waals surface area contributed by atoms with E-state index in [4.69, 9.17) is 9.47 Å². The zero-order valence-electron chi connectivity index (χ0n) is 18.1. The quantitative estimate of drug-likeness (QED) is 0.322. The van der Waals surface area contributed by atoms with Crippen molar-refractivity contribution < 1.29 is 35.8 Å². The minimum Gasteiger partial charge on any atom is -0.491 e. The molecule has 2 aliphatic rings. The van der Waals surface area contributed by atoms with Crippen molar-refractivity contribution in [2.75, 3.05) is 13.2 Å². The van der Waals surface area contributed by atoms with Crippen LogP contribution in [-0.4, -0.2) is 19.3 Å². The molecule has 0 N–H and O–H groups in total. The van der Waals surface area contributed by atoms with E-state index in [-0.39, 0.29) is 24.9 Å². The largest absolute Gasteiger partial charge is 0.491 e. The third-order valence-corrected chi connectivity index (χ3v) is 6.39. The highest BCUT2D eigenvalue weighted by Gasteiger charge is 2.65. The molecule has 1 aliphatic carbocycles. The van der Waals surface area contributed by atoms with E-state index in [0.29, 0.717) is 12.8 Å². The van der Waals surface area contributed by atoms with E-state index in [9.17, 15) is 4.39 Å². The number of hydrogen-bond acceptors (Lipinski definition) is 2. The fourth-order valence-corrected chi connectivity index (χ4v) is 4.69. The summed E-state index contributed by atoms with van der Waals surface area (Å²) >= 11 is 0. The molecule has 0 aromatic heterocycles. The summed E-state index contributed by atoms with van der Waals surface area (Å²) in [6, 6.07) is 4.63. The first-order valence-electron chi connectivity index (χ1n) is 10.9. The summed E-state index contributed by atoms with van der Waals surface area (Å²) in [7, 11) is 0. The van der Waals surface area contributed by atoms with E-state index >= 15 is 22.0 Å². The predicted octanol–water partition coefficient (Wildman–Crippen LogP) is 7.46. The predicted molar refractivity (Wildman–Crippen MR) is 112 cm³/mol. The summed E-state index contributed by atoms with van der Waals surface area (Å²) in [6.45, 7) is 5.22. The number of fused-ring (bicyclic) bond motifs is 3. The van der Waals surface area contributed by atoms with Crippen molar-refractivity contribution in [2.24, 2.45) is 0 Å². The number of alkyl halides is 4. The van der Waals surface area contributed by atoms with Gasteiger partial charge < -0.3 is 9.47 Å². The van der Waals surface area contributed by atoms with Crippen LogP contribution in [0.5, 0.6) is 5.75 Å². The molecule has 4 rings (SSSR count). The lowest BCUT2D eigenvalue weighted by Gasteiger charge is -2.37. The molecule has 2 aromatic rings. The fourth-order valence-electron chi connectivity index (χ4n) is 4.69. The molecule has 8 heteroatoms. The van der Waals surface area contributed by atoms with Crippen LogP contribution in [0.1, 0.15) is 55.2 Å². The van der Waals surface area contributed by atoms with E-state index < -0.39 is 57.4 Å². The normalized spacial score (nSPS) is 22.9. The van der Waals surface area contributed by atoms with Crippen molar-refractivity contribution in [3.8, 4) is 16.9 Å². The molecule has 33 heavy (non-hydrogen) atoms. The van der Waals surface area contributed by atoms with Crippen LogP contribution in [0.2, 0.25) is 0 Å². The molecular weight excluding hydrogens is 446 g/mol. The van der Waals surface area contributed by atoms with Gasteiger partial charge in [-0.3, -0.25) is 0 Å². The minimum absolute atomic E-state index is 0.0375. The SMILES string of the molecule is C=CCCC1CCC(c2ccc3c(c2F)C(F)(F)C(F)(F)c2c-3ccc(OCC)c2F)CO1. The Hall–Kier alpha value is -2.48.